The van der Waals surface area contributed by atoms with Crippen LogP contribution in [0.25, 0.3) is 0 Å². The number of carbonyl (C=O) groups is 2. The second-order valence-corrected chi connectivity index (χ2v) is 5.37. The summed E-state index contributed by atoms with van der Waals surface area (Å²) in [6.45, 7) is 4.27. The summed E-state index contributed by atoms with van der Waals surface area (Å²) in [4.78, 5) is 23.8. The van der Waals surface area contributed by atoms with E-state index >= 15 is 0 Å². The molecular weight excluding hydrogens is 230 g/mol. The summed E-state index contributed by atoms with van der Waals surface area (Å²) < 4.78 is 0. The molecule has 3 N–H and O–H groups in total. The van der Waals surface area contributed by atoms with Crippen molar-refractivity contribution in [1.82, 2.24) is 16.0 Å². The molecule has 0 aromatic rings. The Balaban J connectivity index is 1.92. The zero-order valence-corrected chi connectivity index (χ0v) is 11.1. The lowest BCUT2D eigenvalue weighted by atomic mass is 9.67. The van der Waals surface area contributed by atoms with Crippen LogP contribution in [0.5, 0.6) is 0 Å². The Labute approximate surface area is 108 Å². The fraction of sp³-hybridized carbons (Fsp3) is 0.846. The number of hydrogen-bond donors (Lipinski definition) is 3. The Kier molecular flexibility index (Phi) is 4.22. The Morgan fingerprint density at radius 1 is 1.33 bits per heavy atom. The molecule has 1 saturated heterocycles. The molecule has 5 nitrogen and oxygen atoms in total. The van der Waals surface area contributed by atoms with Gasteiger partial charge in [0.25, 0.3) is 0 Å². The number of rotatable bonds is 4. The van der Waals surface area contributed by atoms with Crippen molar-refractivity contribution in [3.8, 4) is 0 Å². The molecule has 0 radical (unpaired) electrons. The first-order valence-electron chi connectivity index (χ1n) is 6.95. The summed E-state index contributed by atoms with van der Waals surface area (Å²) in [6.07, 6.45) is 4.41. The normalized spacial score (nSPS) is 30.6. The van der Waals surface area contributed by atoms with Crippen molar-refractivity contribution in [2.75, 3.05) is 26.2 Å². The molecule has 2 amide bonds. The van der Waals surface area contributed by atoms with Gasteiger partial charge in [-0.3, -0.25) is 9.59 Å². The third kappa shape index (κ3) is 2.51. The highest BCUT2D eigenvalue weighted by molar-refractivity contribution is 5.88. The summed E-state index contributed by atoms with van der Waals surface area (Å²) in [5, 5.41) is 8.84. The molecule has 0 bridgehead atoms. The highest BCUT2D eigenvalue weighted by Crippen LogP contribution is 2.43. The number of nitrogens with one attached hydrogen (secondary N) is 3. The van der Waals surface area contributed by atoms with Gasteiger partial charge >= 0.3 is 0 Å². The van der Waals surface area contributed by atoms with Crippen molar-refractivity contribution >= 4 is 11.8 Å². The zero-order chi connectivity index (χ0) is 13.0. The van der Waals surface area contributed by atoms with E-state index in [4.69, 9.17) is 0 Å². The van der Waals surface area contributed by atoms with Crippen LogP contribution in [0.4, 0.5) is 0 Å². The molecular formula is C13H23N3O2. The third-order valence-corrected chi connectivity index (χ3v) is 4.27. The average Bonchev–Trinajstić information content (AvgIpc) is 2.81. The Morgan fingerprint density at radius 3 is 2.94 bits per heavy atom. The van der Waals surface area contributed by atoms with Gasteiger partial charge in [0.15, 0.2) is 0 Å². The van der Waals surface area contributed by atoms with Crippen LogP contribution in [0.2, 0.25) is 0 Å². The first-order chi connectivity index (χ1) is 8.69. The van der Waals surface area contributed by atoms with Crippen LogP contribution in [0.1, 0.15) is 32.6 Å². The standard InChI is InChI=1S/C13H23N3O2/c1-2-15-11(17)8-16-12(18)13-6-4-3-5-10(13)7-14-9-13/h10,14H,2-9H2,1H3,(H,15,17)(H,16,18)/t10-,13+/m0/s1. The summed E-state index contributed by atoms with van der Waals surface area (Å²) >= 11 is 0. The van der Waals surface area contributed by atoms with Gasteiger partial charge in [-0.05, 0) is 32.2 Å². The molecule has 2 rings (SSSR count). The largest absolute Gasteiger partial charge is 0.355 e. The van der Waals surface area contributed by atoms with E-state index in [1.54, 1.807) is 0 Å². The predicted octanol–water partition coefficient (Wildman–Crippen LogP) is 0.0185. The molecule has 2 fully saturated rings. The van der Waals surface area contributed by atoms with Crippen molar-refractivity contribution in [3.05, 3.63) is 0 Å². The van der Waals surface area contributed by atoms with Gasteiger partial charge in [-0.15, -0.1) is 0 Å². The molecule has 5 heteroatoms. The van der Waals surface area contributed by atoms with Crippen molar-refractivity contribution in [1.29, 1.82) is 0 Å². The van der Waals surface area contributed by atoms with Crippen LogP contribution in [-0.4, -0.2) is 38.0 Å². The topological polar surface area (TPSA) is 70.2 Å². The first-order valence-corrected chi connectivity index (χ1v) is 6.95. The van der Waals surface area contributed by atoms with E-state index in [1.807, 2.05) is 6.92 Å². The minimum Gasteiger partial charge on any atom is -0.355 e. The summed E-state index contributed by atoms with van der Waals surface area (Å²) in [5.41, 5.74) is -0.259. The molecule has 1 aliphatic heterocycles. The molecule has 2 atom stereocenters. The van der Waals surface area contributed by atoms with Crippen LogP contribution in [0.15, 0.2) is 0 Å². The smallest absolute Gasteiger partial charge is 0.239 e. The van der Waals surface area contributed by atoms with E-state index in [1.165, 1.54) is 6.42 Å². The highest BCUT2D eigenvalue weighted by Gasteiger charge is 2.49. The van der Waals surface area contributed by atoms with Crippen molar-refractivity contribution in [2.24, 2.45) is 11.3 Å². The molecule has 1 aliphatic carbocycles. The van der Waals surface area contributed by atoms with Crippen LogP contribution in [0.3, 0.4) is 0 Å². The van der Waals surface area contributed by atoms with Crippen LogP contribution in [-0.2, 0) is 9.59 Å². The second-order valence-electron chi connectivity index (χ2n) is 5.37. The lowest BCUT2D eigenvalue weighted by molar-refractivity contribution is -0.135. The van der Waals surface area contributed by atoms with Gasteiger partial charge in [-0.1, -0.05) is 12.8 Å². The number of carbonyl (C=O) groups excluding carboxylic acids is 2. The number of likely N-dealkylation sites (N-methyl/N-ethyl adjacent to an activating group) is 1. The van der Waals surface area contributed by atoms with Gasteiger partial charge in [-0.2, -0.15) is 0 Å². The van der Waals surface area contributed by atoms with Crippen molar-refractivity contribution in [3.63, 3.8) is 0 Å². The van der Waals surface area contributed by atoms with Gasteiger partial charge in [-0.25, -0.2) is 0 Å². The van der Waals surface area contributed by atoms with E-state index in [0.717, 1.165) is 32.4 Å². The van der Waals surface area contributed by atoms with E-state index in [9.17, 15) is 9.59 Å². The SMILES string of the molecule is CCNC(=O)CNC(=O)[C@@]12CCCC[C@H]1CNC2. The van der Waals surface area contributed by atoms with Crippen LogP contribution in [0, 0.1) is 11.3 Å². The number of fused-ring (bicyclic) bond motifs is 1. The van der Waals surface area contributed by atoms with Gasteiger partial charge in [0.2, 0.25) is 11.8 Å². The highest BCUT2D eigenvalue weighted by atomic mass is 16.2. The molecule has 2 aliphatic rings. The molecule has 0 spiro atoms. The average molecular weight is 253 g/mol. The van der Waals surface area contributed by atoms with Crippen LogP contribution < -0.4 is 16.0 Å². The van der Waals surface area contributed by atoms with E-state index in [2.05, 4.69) is 16.0 Å². The summed E-state index contributed by atoms with van der Waals surface area (Å²) in [5.74, 6) is 0.393. The molecule has 1 heterocycles. The molecule has 0 aromatic carbocycles. The Bertz CT molecular complexity index is 332. The van der Waals surface area contributed by atoms with Crippen LogP contribution >= 0.6 is 0 Å². The molecule has 0 aromatic heterocycles. The molecule has 0 unspecified atom stereocenters. The fourth-order valence-electron chi connectivity index (χ4n) is 3.29. The maximum absolute atomic E-state index is 12.4. The Hall–Kier alpha value is -1.10. The quantitative estimate of drug-likeness (QED) is 0.661. The monoisotopic (exact) mass is 253 g/mol. The van der Waals surface area contributed by atoms with Gasteiger partial charge in [0, 0.05) is 13.1 Å². The van der Waals surface area contributed by atoms with Gasteiger partial charge < -0.3 is 16.0 Å². The number of hydrogen-bond acceptors (Lipinski definition) is 3. The molecule has 18 heavy (non-hydrogen) atoms. The maximum atomic E-state index is 12.4. The zero-order valence-electron chi connectivity index (χ0n) is 11.1. The lowest BCUT2D eigenvalue weighted by Gasteiger charge is -2.37. The predicted molar refractivity (Wildman–Crippen MR) is 69.0 cm³/mol. The summed E-state index contributed by atoms with van der Waals surface area (Å²) in [6, 6.07) is 0. The third-order valence-electron chi connectivity index (χ3n) is 4.27. The Morgan fingerprint density at radius 2 is 2.17 bits per heavy atom. The van der Waals surface area contributed by atoms with E-state index < -0.39 is 0 Å². The minimum atomic E-state index is -0.259. The second kappa shape index (κ2) is 5.69. The minimum absolute atomic E-state index is 0.0588. The van der Waals surface area contributed by atoms with Crippen molar-refractivity contribution < 1.29 is 9.59 Å². The first kappa shape index (κ1) is 13.3. The summed E-state index contributed by atoms with van der Waals surface area (Å²) in [7, 11) is 0. The van der Waals surface area contributed by atoms with Gasteiger partial charge in [0.05, 0.1) is 12.0 Å². The van der Waals surface area contributed by atoms with E-state index in [0.29, 0.717) is 12.5 Å². The number of amides is 2. The van der Waals surface area contributed by atoms with E-state index in [-0.39, 0.29) is 23.8 Å². The maximum Gasteiger partial charge on any atom is 0.239 e. The fourth-order valence-corrected chi connectivity index (χ4v) is 3.29. The lowest BCUT2D eigenvalue weighted by Crippen LogP contribution is -2.50. The van der Waals surface area contributed by atoms with Crippen molar-refractivity contribution in [2.45, 2.75) is 32.6 Å². The molecule has 102 valence electrons. The van der Waals surface area contributed by atoms with Gasteiger partial charge in [0.1, 0.15) is 0 Å². The molecule has 1 saturated carbocycles.